The minimum atomic E-state index is 0.990. The highest BCUT2D eigenvalue weighted by Crippen LogP contribution is 2.44. The average molecular weight is 765 g/mol. The molecule has 0 radical (unpaired) electrons. The Morgan fingerprint density at radius 2 is 0.667 bits per heavy atom. The quantitative estimate of drug-likeness (QED) is 0.149. The summed E-state index contributed by atoms with van der Waals surface area (Å²) in [6.45, 7) is 2.24. The number of nitrogens with zero attached hydrogens (tertiary/aromatic N) is 2. The van der Waals surface area contributed by atoms with Gasteiger partial charge in [0.05, 0.1) is 22.1 Å². The van der Waals surface area contributed by atoms with Gasteiger partial charge in [-0.05, 0) is 134 Å². The van der Waals surface area contributed by atoms with E-state index in [1.807, 2.05) is 0 Å². The van der Waals surface area contributed by atoms with Gasteiger partial charge in [-0.1, -0.05) is 153 Å². The highest BCUT2D eigenvalue weighted by molar-refractivity contribution is 6.21. The molecule has 0 aliphatic heterocycles. The summed E-state index contributed by atoms with van der Waals surface area (Å²) in [6, 6.07) is 78.3. The zero-order chi connectivity index (χ0) is 39.7. The van der Waals surface area contributed by atoms with E-state index >= 15 is 0 Å². The Hall–Kier alpha value is -7.68. The molecule has 60 heavy (non-hydrogen) atoms. The van der Waals surface area contributed by atoms with Gasteiger partial charge in [0, 0.05) is 32.9 Å². The van der Waals surface area contributed by atoms with E-state index in [2.05, 4.69) is 228 Å². The second-order valence-electron chi connectivity index (χ2n) is 15.9. The Labute approximate surface area is 348 Å². The van der Waals surface area contributed by atoms with Gasteiger partial charge in [-0.3, -0.25) is 0 Å². The lowest BCUT2D eigenvalue weighted by molar-refractivity contribution is 1.14. The molecule has 2 aromatic heterocycles. The van der Waals surface area contributed by atoms with Crippen molar-refractivity contribution < 1.29 is 0 Å². The SMILES string of the molecule is CCc1ccc2c(c1)c1cc(-c3ccc4c(c3)c3ccccc3n4-c3ccccc3)ccc1n2-c1ccc(-c2c3ccccc3c(-c3ccccc3)c3ccccc23)cc1. The van der Waals surface area contributed by atoms with E-state index in [1.54, 1.807) is 0 Å². The molecule has 282 valence electrons. The summed E-state index contributed by atoms with van der Waals surface area (Å²) in [5.74, 6) is 0. The third-order valence-electron chi connectivity index (χ3n) is 12.7. The summed E-state index contributed by atoms with van der Waals surface area (Å²) in [5, 5.41) is 10.1. The minimum Gasteiger partial charge on any atom is -0.309 e. The van der Waals surface area contributed by atoms with Gasteiger partial charge in [-0.25, -0.2) is 0 Å². The third-order valence-corrected chi connectivity index (χ3v) is 12.7. The van der Waals surface area contributed by atoms with Crippen molar-refractivity contribution in [3.8, 4) is 44.8 Å². The highest BCUT2D eigenvalue weighted by Gasteiger charge is 2.19. The summed E-state index contributed by atoms with van der Waals surface area (Å²) in [7, 11) is 0. The molecule has 2 heterocycles. The van der Waals surface area contributed by atoms with E-state index in [0.717, 1.165) is 12.1 Å². The normalized spacial score (nSPS) is 11.8. The first-order chi connectivity index (χ1) is 29.7. The summed E-state index contributed by atoms with van der Waals surface area (Å²) in [5.41, 5.74) is 16.0. The van der Waals surface area contributed by atoms with Gasteiger partial charge < -0.3 is 9.13 Å². The Morgan fingerprint density at radius 3 is 1.22 bits per heavy atom. The van der Waals surface area contributed by atoms with Crippen LogP contribution in [0, 0.1) is 0 Å². The molecule has 0 saturated carbocycles. The van der Waals surface area contributed by atoms with Crippen molar-refractivity contribution in [2.45, 2.75) is 13.3 Å². The number of benzene rings is 10. The monoisotopic (exact) mass is 764 g/mol. The van der Waals surface area contributed by atoms with Crippen LogP contribution >= 0.6 is 0 Å². The summed E-state index contributed by atoms with van der Waals surface area (Å²) < 4.78 is 4.83. The predicted molar refractivity (Wildman–Crippen MR) is 256 cm³/mol. The predicted octanol–water partition coefficient (Wildman–Crippen LogP) is 15.8. The average Bonchev–Trinajstić information content (AvgIpc) is 3.83. The van der Waals surface area contributed by atoms with Crippen LogP contribution < -0.4 is 0 Å². The van der Waals surface area contributed by atoms with E-state index in [9.17, 15) is 0 Å². The van der Waals surface area contributed by atoms with E-state index in [1.165, 1.54) is 110 Å². The molecule has 0 spiro atoms. The Bertz CT molecular complexity index is 3550. The third kappa shape index (κ3) is 5.28. The van der Waals surface area contributed by atoms with E-state index in [-0.39, 0.29) is 0 Å². The van der Waals surface area contributed by atoms with Crippen LogP contribution in [0.1, 0.15) is 12.5 Å². The van der Waals surface area contributed by atoms with Crippen molar-refractivity contribution in [2.24, 2.45) is 0 Å². The summed E-state index contributed by atoms with van der Waals surface area (Å²) >= 11 is 0. The molecule has 0 saturated heterocycles. The molecule has 12 aromatic rings. The molecule has 0 N–H and O–H groups in total. The van der Waals surface area contributed by atoms with Crippen molar-refractivity contribution in [1.82, 2.24) is 9.13 Å². The Kier molecular flexibility index (Phi) is 7.86. The molecule has 0 bridgehead atoms. The van der Waals surface area contributed by atoms with Gasteiger partial charge in [0.1, 0.15) is 0 Å². The summed E-state index contributed by atoms with van der Waals surface area (Å²) in [6.07, 6.45) is 0.990. The fraction of sp³-hybridized carbons (Fsp3) is 0.0345. The van der Waals surface area contributed by atoms with Crippen LogP contribution in [0.5, 0.6) is 0 Å². The van der Waals surface area contributed by atoms with Crippen LogP contribution in [-0.4, -0.2) is 9.13 Å². The fourth-order valence-corrected chi connectivity index (χ4v) is 9.89. The maximum Gasteiger partial charge on any atom is 0.0541 e. The lowest BCUT2D eigenvalue weighted by Crippen LogP contribution is -1.95. The second-order valence-corrected chi connectivity index (χ2v) is 15.9. The number of aromatic nitrogens is 2. The molecule has 0 fully saturated rings. The van der Waals surface area contributed by atoms with Crippen LogP contribution in [-0.2, 0) is 6.42 Å². The molecule has 0 aliphatic rings. The lowest BCUT2D eigenvalue weighted by atomic mass is 9.86. The smallest absolute Gasteiger partial charge is 0.0541 e. The van der Waals surface area contributed by atoms with Crippen molar-refractivity contribution >= 4 is 65.2 Å². The fourth-order valence-electron chi connectivity index (χ4n) is 9.89. The molecule has 0 atom stereocenters. The first-order valence-electron chi connectivity index (χ1n) is 21.0. The van der Waals surface area contributed by atoms with Gasteiger partial charge in [0.2, 0.25) is 0 Å². The van der Waals surface area contributed by atoms with Crippen molar-refractivity contribution in [3.63, 3.8) is 0 Å². The second kappa shape index (κ2) is 13.7. The van der Waals surface area contributed by atoms with Gasteiger partial charge in [-0.2, -0.15) is 0 Å². The topological polar surface area (TPSA) is 9.86 Å². The maximum absolute atomic E-state index is 2.45. The highest BCUT2D eigenvalue weighted by atomic mass is 15.0. The van der Waals surface area contributed by atoms with Gasteiger partial charge >= 0.3 is 0 Å². The van der Waals surface area contributed by atoms with E-state index in [4.69, 9.17) is 0 Å². The largest absolute Gasteiger partial charge is 0.309 e. The van der Waals surface area contributed by atoms with Crippen LogP contribution in [0.15, 0.2) is 212 Å². The van der Waals surface area contributed by atoms with E-state index in [0.29, 0.717) is 0 Å². The van der Waals surface area contributed by atoms with Crippen molar-refractivity contribution in [1.29, 1.82) is 0 Å². The zero-order valence-electron chi connectivity index (χ0n) is 33.3. The van der Waals surface area contributed by atoms with Crippen LogP contribution in [0.3, 0.4) is 0 Å². The van der Waals surface area contributed by atoms with Crippen LogP contribution in [0.2, 0.25) is 0 Å². The molecule has 2 heteroatoms. The van der Waals surface area contributed by atoms with Gasteiger partial charge in [0.25, 0.3) is 0 Å². The Morgan fingerprint density at radius 1 is 0.283 bits per heavy atom. The first kappa shape index (κ1) is 34.4. The standard InChI is InChI=1S/C58H40N2/c1-2-38-25-32-54-50(35-38)52-37-42(41-28-33-55-51(36-41)45-19-13-14-24-53(45)59(55)43-17-7-4-8-18-43)29-34-56(52)60(54)44-30-26-40(27-31-44)58-48-22-11-9-20-46(48)57(39-15-5-3-6-16-39)47-21-10-12-23-49(47)58/h3-37H,2H2,1H3. The molecular weight excluding hydrogens is 725 g/mol. The molecule has 2 nitrogen and oxygen atoms in total. The van der Waals surface area contributed by atoms with Crippen molar-refractivity contribution in [2.75, 3.05) is 0 Å². The first-order valence-corrected chi connectivity index (χ1v) is 21.0. The minimum absolute atomic E-state index is 0.990. The number of rotatable bonds is 6. The molecule has 10 aromatic carbocycles. The maximum atomic E-state index is 2.45. The molecule has 0 amide bonds. The number of para-hydroxylation sites is 2. The molecule has 12 rings (SSSR count). The van der Waals surface area contributed by atoms with E-state index < -0.39 is 0 Å². The number of hydrogen-bond donors (Lipinski definition) is 0. The molecule has 0 unspecified atom stereocenters. The Balaban J connectivity index is 1.01. The number of hydrogen-bond acceptors (Lipinski definition) is 0. The zero-order valence-corrected chi connectivity index (χ0v) is 33.3. The molecule has 0 aliphatic carbocycles. The summed E-state index contributed by atoms with van der Waals surface area (Å²) in [4.78, 5) is 0. The van der Waals surface area contributed by atoms with Crippen molar-refractivity contribution in [3.05, 3.63) is 218 Å². The number of aryl methyl sites for hydroxylation is 1. The van der Waals surface area contributed by atoms with Gasteiger partial charge in [0.15, 0.2) is 0 Å². The molecular formula is C58H40N2. The van der Waals surface area contributed by atoms with Crippen LogP contribution in [0.25, 0.3) is 110 Å². The van der Waals surface area contributed by atoms with Gasteiger partial charge in [-0.15, -0.1) is 0 Å². The van der Waals surface area contributed by atoms with Crippen LogP contribution in [0.4, 0.5) is 0 Å². The number of fused-ring (bicyclic) bond motifs is 8. The lowest BCUT2D eigenvalue weighted by Gasteiger charge is -2.18.